The van der Waals surface area contributed by atoms with Crippen molar-refractivity contribution in [2.75, 3.05) is 19.7 Å². The SMILES string of the molecule is CCCCCCCCCCCCCCC/C=C/C(=O)N(O)CCCC[C@H](NC(=O)[C@@H]1COC(c2ccccc2O)N1)C(=O)O[C@H](C)CC(=O)N[C@@H]1CCCCN(O)C1=O. The number of nitrogens with one attached hydrogen (secondary N) is 3. The van der Waals surface area contributed by atoms with E-state index >= 15 is 0 Å². The molecule has 15 heteroatoms. The maximum atomic E-state index is 13.4. The molecule has 2 aliphatic rings. The van der Waals surface area contributed by atoms with Crippen LogP contribution in [0.2, 0.25) is 0 Å². The van der Waals surface area contributed by atoms with Gasteiger partial charge in [0, 0.05) is 24.7 Å². The van der Waals surface area contributed by atoms with E-state index in [1.54, 1.807) is 24.3 Å². The lowest BCUT2D eigenvalue weighted by molar-refractivity contribution is -0.167. The van der Waals surface area contributed by atoms with Crippen molar-refractivity contribution in [3.63, 3.8) is 0 Å². The summed E-state index contributed by atoms with van der Waals surface area (Å²) in [5.74, 6) is -2.97. The van der Waals surface area contributed by atoms with Gasteiger partial charge in [-0.25, -0.2) is 14.9 Å². The van der Waals surface area contributed by atoms with Crippen LogP contribution in [0, 0.1) is 0 Å². The van der Waals surface area contributed by atoms with Crippen LogP contribution in [0.1, 0.15) is 160 Å². The summed E-state index contributed by atoms with van der Waals surface area (Å²) < 4.78 is 11.3. The van der Waals surface area contributed by atoms with E-state index in [1.807, 2.05) is 0 Å². The highest BCUT2D eigenvalue weighted by atomic mass is 16.5. The van der Waals surface area contributed by atoms with E-state index in [1.165, 1.54) is 89.7 Å². The molecule has 2 saturated heterocycles. The number of hydrogen-bond acceptors (Lipinski definition) is 11. The van der Waals surface area contributed by atoms with E-state index < -0.39 is 60.1 Å². The van der Waals surface area contributed by atoms with Crippen LogP contribution in [0.15, 0.2) is 36.4 Å². The predicted octanol–water partition coefficient (Wildman–Crippen LogP) is 6.50. The fourth-order valence-corrected chi connectivity index (χ4v) is 7.30. The van der Waals surface area contributed by atoms with Crippen LogP contribution in [0.4, 0.5) is 0 Å². The quantitative estimate of drug-likeness (QED) is 0.0177. The summed E-state index contributed by atoms with van der Waals surface area (Å²) in [6.07, 6.45) is 20.9. The fourth-order valence-electron chi connectivity index (χ4n) is 7.30. The summed E-state index contributed by atoms with van der Waals surface area (Å²) in [6, 6.07) is 3.71. The molecule has 4 amide bonds. The molecule has 0 radical (unpaired) electrons. The second-order valence-electron chi connectivity index (χ2n) is 16.0. The second-order valence-corrected chi connectivity index (χ2v) is 16.0. The molecule has 0 bridgehead atoms. The molecule has 5 atom stereocenters. The number of phenols is 1. The zero-order valence-corrected chi connectivity index (χ0v) is 35.4. The number of phenolic OH excluding ortho intramolecular Hbond substituents is 1. The summed E-state index contributed by atoms with van der Waals surface area (Å²) in [6.45, 7) is 3.94. The van der Waals surface area contributed by atoms with Gasteiger partial charge in [-0.3, -0.25) is 34.9 Å². The number of hydrogen-bond donors (Lipinski definition) is 6. The van der Waals surface area contributed by atoms with Gasteiger partial charge in [0.05, 0.1) is 13.0 Å². The number of hydroxylamine groups is 4. The number of carbonyl (C=O) groups excluding carboxylic acids is 5. The van der Waals surface area contributed by atoms with Crippen molar-refractivity contribution in [2.45, 2.75) is 179 Å². The first-order valence-electron chi connectivity index (χ1n) is 22.1. The van der Waals surface area contributed by atoms with Gasteiger partial charge in [0.15, 0.2) is 0 Å². The van der Waals surface area contributed by atoms with Gasteiger partial charge in [-0.05, 0) is 64.4 Å². The molecular weight excluding hydrogens is 759 g/mol. The number of benzene rings is 1. The number of allylic oxidation sites excluding steroid dienone is 1. The molecule has 6 N–H and O–H groups in total. The molecule has 0 aromatic heterocycles. The number of rotatable bonds is 28. The minimum Gasteiger partial charge on any atom is -0.508 e. The summed E-state index contributed by atoms with van der Waals surface area (Å²) in [5, 5.41) is 40.1. The van der Waals surface area contributed by atoms with Crippen LogP contribution in [0.5, 0.6) is 5.75 Å². The minimum absolute atomic E-state index is 0.00402. The molecule has 0 aliphatic carbocycles. The average Bonchev–Trinajstić information content (AvgIpc) is 3.65. The molecule has 2 aliphatic heterocycles. The van der Waals surface area contributed by atoms with Gasteiger partial charge >= 0.3 is 5.97 Å². The average molecular weight is 830 g/mol. The highest BCUT2D eigenvalue weighted by Crippen LogP contribution is 2.28. The maximum absolute atomic E-state index is 13.4. The maximum Gasteiger partial charge on any atom is 0.328 e. The molecule has 3 rings (SSSR count). The van der Waals surface area contributed by atoms with Gasteiger partial charge in [0.1, 0.15) is 36.2 Å². The second kappa shape index (κ2) is 28.4. The molecule has 1 unspecified atom stereocenters. The first-order valence-corrected chi connectivity index (χ1v) is 22.1. The monoisotopic (exact) mass is 830 g/mol. The van der Waals surface area contributed by atoms with Gasteiger partial charge in [0.25, 0.3) is 11.8 Å². The Kier molecular flexibility index (Phi) is 23.8. The molecule has 1 aromatic rings. The molecule has 2 fully saturated rings. The predicted molar refractivity (Wildman–Crippen MR) is 222 cm³/mol. The molecular formula is C44H71N5O10. The number of carbonyl (C=O) groups is 5. The van der Waals surface area contributed by atoms with E-state index in [-0.39, 0.29) is 38.3 Å². The molecule has 1 aromatic carbocycles. The van der Waals surface area contributed by atoms with Gasteiger partial charge in [-0.1, -0.05) is 108 Å². The largest absolute Gasteiger partial charge is 0.508 e. The minimum atomic E-state index is -1.13. The standard InChI is InChI=1S/C44H71N5O10/c1-3-4-5-6-7-8-9-10-11-12-13-14-15-16-17-28-40(52)48(56)29-22-21-26-36(46-41(53)37-32-58-42(47-37)34-24-18-19-27-38(34)50)44(55)59-33(2)31-39(51)45-35-25-20-23-30-49(57)43(35)54/h17-19,24,27-28,33,35-37,42,47,50,56-57H,3-16,20-23,25-26,29-32H2,1-2H3,(H,45,51)(H,46,53)/b28-17+/t33-,35-,36+,37+,42?/m1/s1. The first-order chi connectivity index (χ1) is 28.5. The van der Waals surface area contributed by atoms with Crippen molar-refractivity contribution in [1.82, 2.24) is 26.1 Å². The van der Waals surface area contributed by atoms with Crippen molar-refractivity contribution < 1.29 is 49.0 Å². The highest BCUT2D eigenvalue weighted by Gasteiger charge is 2.35. The van der Waals surface area contributed by atoms with Crippen molar-refractivity contribution in [3.8, 4) is 5.75 Å². The lowest BCUT2D eigenvalue weighted by atomic mass is 10.0. The number of esters is 1. The van der Waals surface area contributed by atoms with E-state index in [9.17, 15) is 39.5 Å². The van der Waals surface area contributed by atoms with Crippen molar-refractivity contribution in [1.29, 1.82) is 0 Å². The highest BCUT2D eigenvalue weighted by molar-refractivity contribution is 5.89. The fraction of sp³-hybridized carbons (Fsp3) is 0.705. The van der Waals surface area contributed by atoms with E-state index in [4.69, 9.17) is 9.47 Å². The smallest absolute Gasteiger partial charge is 0.328 e. The number of amides is 4. The first kappa shape index (κ1) is 49.3. The van der Waals surface area contributed by atoms with E-state index in [2.05, 4.69) is 22.9 Å². The topological polar surface area (TPSA) is 207 Å². The Morgan fingerprint density at radius 3 is 2.31 bits per heavy atom. The summed E-state index contributed by atoms with van der Waals surface area (Å²) in [4.78, 5) is 64.4. The molecule has 59 heavy (non-hydrogen) atoms. The number of nitrogens with zero attached hydrogens (tertiary/aromatic N) is 2. The van der Waals surface area contributed by atoms with Crippen LogP contribution in [0.25, 0.3) is 0 Å². The molecule has 0 saturated carbocycles. The van der Waals surface area contributed by atoms with Crippen LogP contribution >= 0.6 is 0 Å². The Labute approximate surface area is 350 Å². The lowest BCUT2D eigenvalue weighted by Crippen LogP contribution is -2.50. The lowest BCUT2D eigenvalue weighted by Gasteiger charge is -2.23. The number of ether oxygens (including phenoxy) is 2. The Bertz CT molecular complexity index is 1460. The van der Waals surface area contributed by atoms with E-state index in [0.717, 1.165) is 19.3 Å². The van der Waals surface area contributed by atoms with Crippen LogP contribution < -0.4 is 16.0 Å². The van der Waals surface area contributed by atoms with Gasteiger partial charge < -0.3 is 25.2 Å². The van der Waals surface area contributed by atoms with Crippen LogP contribution in [0.3, 0.4) is 0 Å². The van der Waals surface area contributed by atoms with Crippen LogP contribution in [-0.4, -0.2) is 99.2 Å². The molecule has 0 spiro atoms. The van der Waals surface area contributed by atoms with Crippen LogP contribution in [-0.2, 0) is 33.4 Å². The van der Waals surface area contributed by atoms with Gasteiger partial charge in [-0.15, -0.1) is 0 Å². The summed E-state index contributed by atoms with van der Waals surface area (Å²) in [7, 11) is 0. The Balaban J connectivity index is 1.42. The van der Waals surface area contributed by atoms with Crippen molar-refractivity contribution in [3.05, 3.63) is 42.0 Å². The third kappa shape index (κ3) is 19.3. The zero-order valence-electron chi connectivity index (χ0n) is 35.4. The van der Waals surface area contributed by atoms with Crippen molar-refractivity contribution in [2.24, 2.45) is 0 Å². The van der Waals surface area contributed by atoms with Gasteiger partial charge in [-0.2, -0.15) is 0 Å². The molecule has 332 valence electrons. The Morgan fingerprint density at radius 1 is 0.966 bits per heavy atom. The number of unbranched alkanes of at least 4 members (excludes halogenated alkanes) is 14. The normalized spacial score (nSPS) is 19.3. The number of aromatic hydroxyl groups is 1. The van der Waals surface area contributed by atoms with Crippen molar-refractivity contribution >= 4 is 29.6 Å². The number of para-hydroxylation sites is 1. The zero-order chi connectivity index (χ0) is 42.8. The van der Waals surface area contributed by atoms with E-state index in [0.29, 0.717) is 47.8 Å². The molecule has 15 nitrogen and oxygen atoms in total. The summed E-state index contributed by atoms with van der Waals surface area (Å²) >= 11 is 0. The van der Waals surface area contributed by atoms with Gasteiger partial charge in [0.2, 0.25) is 11.8 Å². The third-order valence-corrected chi connectivity index (χ3v) is 10.8. The summed E-state index contributed by atoms with van der Waals surface area (Å²) in [5.41, 5.74) is 0.459. The third-order valence-electron chi connectivity index (χ3n) is 10.8. The Morgan fingerprint density at radius 2 is 1.63 bits per heavy atom. The Hall–Kier alpha value is -4.05. The molecule has 2 heterocycles.